The number of ether oxygens (including phenoxy) is 4. The highest BCUT2D eigenvalue weighted by Gasteiger charge is 2.56. The maximum Gasteiger partial charge on any atom is 0.407 e. The molecule has 4 aliphatic carbocycles. The first kappa shape index (κ1) is 53.5. The lowest BCUT2D eigenvalue weighted by Crippen LogP contribution is -2.49. The van der Waals surface area contributed by atoms with Gasteiger partial charge in [0, 0.05) is 38.4 Å². The van der Waals surface area contributed by atoms with Gasteiger partial charge >= 0.3 is 6.09 Å². The van der Waals surface area contributed by atoms with Crippen molar-refractivity contribution in [2.75, 3.05) is 40.5 Å². The Balaban J connectivity index is 0.000000730. The van der Waals surface area contributed by atoms with E-state index in [4.69, 9.17) is 18.9 Å². The molecule has 1 aliphatic heterocycles. The first-order valence-electron chi connectivity index (χ1n) is 27.3. The Morgan fingerprint density at radius 3 is 2.03 bits per heavy atom. The first-order valence-corrected chi connectivity index (χ1v) is 27.3. The molecule has 5 aliphatic rings. The lowest BCUT2D eigenvalue weighted by atomic mass is 9.48. The quantitative estimate of drug-likeness (QED) is 0.0700. The van der Waals surface area contributed by atoms with Crippen molar-refractivity contribution in [3.63, 3.8) is 0 Å². The fourth-order valence-corrected chi connectivity index (χ4v) is 13.3. The van der Waals surface area contributed by atoms with Crippen LogP contribution in [-0.2, 0) is 19.9 Å². The molecule has 0 spiro atoms. The lowest BCUT2D eigenvalue weighted by Gasteiger charge is -2.57. The minimum absolute atomic E-state index is 0.0340. The standard InChI is InChI=1S/C52H68N2O7.C9H20/c1-50-28-11-14-45(50)44-25-20-40-32-43(26-30-51(40,2)46(44)27-29-50)61-49(57)53-31-10-6-9-15-48(56)54-33-36(47(55)34-54)35-60-52(37-12-7-5-8-13-37,38-16-21-41(58-3)22-17-38)39-18-23-42(59-4)24-19-39;1-8(2)6-5-7-9(3)4/h5,7-8,12-13,16-24,36,43-47,55H,6,9-11,14-15,25-35H2,1-4H3,(H,53,57);8-9H,5-7H2,1-4H3. The van der Waals surface area contributed by atoms with Crippen molar-refractivity contribution in [2.24, 2.45) is 46.3 Å². The predicted molar refractivity (Wildman–Crippen MR) is 281 cm³/mol. The zero-order valence-corrected chi connectivity index (χ0v) is 44.2. The molecule has 0 bridgehead atoms. The third kappa shape index (κ3) is 12.6. The molecular weight excluding hydrogens is 873 g/mol. The number of rotatable bonds is 19. The number of amides is 2. The monoisotopic (exact) mass is 961 g/mol. The van der Waals surface area contributed by atoms with E-state index in [1.54, 1.807) is 19.1 Å². The smallest absolute Gasteiger partial charge is 0.407 e. The third-order valence-corrected chi connectivity index (χ3v) is 17.5. The molecule has 3 aromatic rings. The second kappa shape index (κ2) is 24.4. The number of β-amino-alcohol motifs (C(OH)–C–C–N with tert-alkyl or cyclic N) is 1. The maximum atomic E-state index is 13.4. The van der Waals surface area contributed by atoms with E-state index in [1.165, 1.54) is 63.4 Å². The summed E-state index contributed by atoms with van der Waals surface area (Å²) in [4.78, 5) is 28.0. The minimum Gasteiger partial charge on any atom is -0.497 e. The third-order valence-electron chi connectivity index (χ3n) is 17.5. The average molecular weight is 961 g/mol. The normalized spacial score (nSPS) is 27.1. The van der Waals surface area contributed by atoms with Crippen LogP contribution in [0.1, 0.15) is 161 Å². The van der Waals surface area contributed by atoms with Crippen LogP contribution in [0.5, 0.6) is 11.5 Å². The van der Waals surface area contributed by atoms with Crippen molar-refractivity contribution in [2.45, 2.75) is 162 Å². The molecule has 1 heterocycles. The number of unbranched alkanes of at least 4 members (excludes halogenated alkanes) is 2. The number of alkyl carbamates (subject to hydrolysis) is 1. The number of nitrogens with zero attached hydrogens (tertiary/aromatic N) is 1. The van der Waals surface area contributed by atoms with Gasteiger partial charge in [0.2, 0.25) is 5.91 Å². The van der Waals surface area contributed by atoms with Gasteiger partial charge in [-0.05, 0) is 139 Å². The SMILES string of the molecule is CC(C)CCCC(C)C.COc1ccc(C(OCC2CN(C(=O)CCCCCNC(=O)OC3CCC4(C)C(=CCC5C6CCCC6(C)CCC54)C3)CC2O)(c2ccccc2)c2ccc(OC)cc2)cc1. The molecule has 0 radical (unpaired) electrons. The van der Waals surface area contributed by atoms with Gasteiger partial charge in [0.15, 0.2) is 0 Å². The number of methoxy groups -OCH3 is 2. The number of carbonyl (C=O) groups is 2. The van der Waals surface area contributed by atoms with Crippen LogP contribution in [0.15, 0.2) is 90.5 Å². The Bertz CT molecular complexity index is 2080. The van der Waals surface area contributed by atoms with Crippen molar-refractivity contribution < 1.29 is 33.6 Å². The summed E-state index contributed by atoms with van der Waals surface area (Å²) in [6.45, 7) is 15.7. The maximum absolute atomic E-state index is 13.4. The molecule has 3 aromatic carbocycles. The summed E-state index contributed by atoms with van der Waals surface area (Å²) in [5.74, 6) is 5.53. The number of nitrogens with one attached hydrogen (secondary N) is 1. The molecule has 8 unspecified atom stereocenters. The van der Waals surface area contributed by atoms with E-state index in [9.17, 15) is 14.7 Å². The van der Waals surface area contributed by atoms with Gasteiger partial charge in [-0.15, -0.1) is 0 Å². The summed E-state index contributed by atoms with van der Waals surface area (Å²) in [6.07, 6.45) is 19.4. The van der Waals surface area contributed by atoms with Crippen LogP contribution < -0.4 is 14.8 Å². The van der Waals surface area contributed by atoms with Crippen molar-refractivity contribution in [3.8, 4) is 11.5 Å². The molecular formula is C61H88N2O7. The molecule has 8 rings (SSSR count). The van der Waals surface area contributed by atoms with E-state index in [1.807, 2.05) is 66.7 Å². The second-order valence-electron chi connectivity index (χ2n) is 23.0. The van der Waals surface area contributed by atoms with Gasteiger partial charge in [-0.2, -0.15) is 0 Å². The van der Waals surface area contributed by atoms with Gasteiger partial charge in [0.1, 0.15) is 23.2 Å². The topological polar surface area (TPSA) is 107 Å². The Kier molecular flexibility index (Phi) is 18.6. The van der Waals surface area contributed by atoms with Gasteiger partial charge < -0.3 is 34.3 Å². The lowest BCUT2D eigenvalue weighted by molar-refractivity contribution is -0.130. The van der Waals surface area contributed by atoms with Gasteiger partial charge in [-0.25, -0.2) is 4.79 Å². The number of aliphatic hydroxyl groups is 1. The number of benzene rings is 3. The number of aliphatic hydroxyl groups excluding tert-OH is 1. The molecule has 70 heavy (non-hydrogen) atoms. The molecule has 9 heteroatoms. The largest absolute Gasteiger partial charge is 0.497 e. The molecule has 2 amide bonds. The van der Waals surface area contributed by atoms with E-state index < -0.39 is 11.7 Å². The fraction of sp³-hybridized carbons (Fsp3) is 0.639. The first-order chi connectivity index (χ1) is 33.7. The van der Waals surface area contributed by atoms with Crippen molar-refractivity contribution in [1.82, 2.24) is 10.2 Å². The fourth-order valence-electron chi connectivity index (χ4n) is 13.3. The van der Waals surface area contributed by atoms with Crippen LogP contribution in [0.25, 0.3) is 0 Å². The Morgan fingerprint density at radius 2 is 1.40 bits per heavy atom. The molecule has 1 saturated heterocycles. The molecule has 384 valence electrons. The van der Waals surface area contributed by atoms with E-state index in [0.29, 0.717) is 31.3 Å². The van der Waals surface area contributed by atoms with E-state index in [2.05, 4.69) is 65.1 Å². The zero-order valence-electron chi connectivity index (χ0n) is 44.2. The Hall–Kier alpha value is -4.34. The summed E-state index contributed by atoms with van der Waals surface area (Å²) in [5.41, 5.74) is 4.13. The van der Waals surface area contributed by atoms with Crippen LogP contribution in [0, 0.1) is 46.3 Å². The molecule has 2 N–H and O–H groups in total. The number of likely N-dealkylation sites (tertiary alicyclic amines) is 1. The average Bonchev–Trinajstić information content (AvgIpc) is 3.95. The highest BCUT2D eigenvalue weighted by atomic mass is 16.6. The van der Waals surface area contributed by atoms with E-state index >= 15 is 0 Å². The summed E-state index contributed by atoms with van der Waals surface area (Å²) in [6, 6.07) is 25.9. The summed E-state index contributed by atoms with van der Waals surface area (Å²) in [7, 11) is 3.30. The van der Waals surface area contributed by atoms with Crippen molar-refractivity contribution in [1.29, 1.82) is 0 Å². The van der Waals surface area contributed by atoms with Gasteiger partial charge in [0.25, 0.3) is 0 Å². The van der Waals surface area contributed by atoms with Crippen LogP contribution >= 0.6 is 0 Å². The predicted octanol–water partition coefficient (Wildman–Crippen LogP) is 13.3. The zero-order chi connectivity index (χ0) is 49.9. The Morgan fingerprint density at radius 1 is 0.757 bits per heavy atom. The number of fused-ring (bicyclic) bond motifs is 5. The molecule has 0 aromatic heterocycles. The van der Waals surface area contributed by atoms with Crippen molar-refractivity contribution in [3.05, 3.63) is 107 Å². The highest BCUT2D eigenvalue weighted by Crippen LogP contribution is 2.65. The molecule has 4 fully saturated rings. The molecule has 3 saturated carbocycles. The molecule has 9 nitrogen and oxygen atoms in total. The van der Waals surface area contributed by atoms with Crippen LogP contribution in [0.2, 0.25) is 0 Å². The summed E-state index contributed by atoms with van der Waals surface area (Å²) in [5, 5.41) is 14.2. The minimum atomic E-state index is -1.00. The highest BCUT2D eigenvalue weighted by molar-refractivity contribution is 5.76. The van der Waals surface area contributed by atoms with E-state index in [0.717, 1.165) is 89.9 Å². The van der Waals surface area contributed by atoms with Crippen LogP contribution in [0.3, 0.4) is 0 Å². The van der Waals surface area contributed by atoms with Crippen LogP contribution in [-0.4, -0.2) is 74.7 Å². The molecule has 8 atom stereocenters. The van der Waals surface area contributed by atoms with Crippen molar-refractivity contribution >= 4 is 12.0 Å². The van der Waals surface area contributed by atoms with Gasteiger partial charge in [-0.1, -0.05) is 140 Å². The number of carbonyl (C=O) groups excluding carboxylic acids is 2. The van der Waals surface area contributed by atoms with Gasteiger partial charge in [-0.3, -0.25) is 4.79 Å². The number of hydrogen-bond donors (Lipinski definition) is 2. The Labute approximate surface area is 421 Å². The number of hydrogen-bond acceptors (Lipinski definition) is 7. The number of allylic oxidation sites excluding steroid dienone is 1. The van der Waals surface area contributed by atoms with Crippen LogP contribution in [0.4, 0.5) is 4.79 Å². The second-order valence-corrected chi connectivity index (χ2v) is 23.0. The van der Waals surface area contributed by atoms with E-state index in [-0.39, 0.29) is 42.6 Å². The summed E-state index contributed by atoms with van der Waals surface area (Å²) >= 11 is 0. The summed E-state index contributed by atoms with van der Waals surface area (Å²) < 4.78 is 24.0. The van der Waals surface area contributed by atoms with Gasteiger partial charge in [0.05, 0.1) is 26.9 Å².